The molecule has 0 aromatic carbocycles. The smallest absolute Gasteiger partial charge is 0.225 e. The molecule has 4 heteroatoms. The van der Waals surface area contributed by atoms with Gasteiger partial charge in [-0.05, 0) is 31.2 Å². The molecule has 104 valence electrons. The highest BCUT2D eigenvalue weighted by molar-refractivity contribution is 5.37. The zero-order valence-electron chi connectivity index (χ0n) is 12.0. The minimum Gasteiger partial charge on any atom is -0.375 e. The Labute approximate surface area is 115 Å². The van der Waals surface area contributed by atoms with Crippen LogP contribution in [0.1, 0.15) is 32.3 Å². The Balaban J connectivity index is 1.71. The average molecular weight is 261 g/mol. The molecule has 2 heterocycles. The molecule has 3 rings (SSSR count). The lowest BCUT2D eigenvalue weighted by Gasteiger charge is -2.27. The Bertz CT molecular complexity index is 432. The van der Waals surface area contributed by atoms with Crippen molar-refractivity contribution >= 4 is 5.95 Å². The molecule has 3 atom stereocenters. The molecule has 1 aliphatic carbocycles. The van der Waals surface area contributed by atoms with Crippen LogP contribution in [-0.4, -0.2) is 35.3 Å². The fourth-order valence-corrected chi connectivity index (χ4v) is 3.26. The number of aromatic nitrogens is 2. The summed E-state index contributed by atoms with van der Waals surface area (Å²) in [5.74, 6) is 2.13. The number of hydrogen-bond donors (Lipinski definition) is 0. The SMILES string of the molecule is Cc1cnc(N2CC3CCC2C3OCC(C)C)nc1. The molecular weight excluding hydrogens is 238 g/mol. The number of nitrogens with zero attached hydrogens (tertiary/aromatic N) is 3. The zero-order valence-corrected chi connectivity index (χ0v) is 12.0. The van der Waals surface area contributed by atoms with Crippen LogP contribution < -0.4 is 4.90 Å². The van der Waals surface area contributed by atoms with E-state index < -0.39 is 0 Å². The third-order valence-electron chi connectivity index (χ3n) is 4.15. The highest BCUT2D eigenvalue weighted by Crippen LogP contribution is 2.41. The van der Waals surface area contributed by atoms with Crippen molar-refractivity contribution in [3.63, 3.8) is 0 Å². The van der Waals surface area contributed by atoms with Crippen molar-refractivity contribution in [2.45, 2.75) is 45.8 Å². The van der Waals surface area contributed by atoms with Gasteiger partial charge in [-0.2, -0.15) is 0 Å². The van der Waals surface area contributed by atoms with Crippen molar-refractivity contribution in [3.8, 4) is 0 Å². The Morgan fingerprint density at radius 2 is 2.05 bits per heavy atom. The van der Waals surface area contributed by atoms with E-state index >= 15 is 0 Å². The van der Waals surface area contributed by atoms with Crippen LogP contribution in [0.2, 0.25) is 0 Å². The fraction of sp³-hybridized carbons (Fsp3) is 0.733. The Hall–Kier alpha value is -1.16. The predicted octanol–water partition coefficient (Wildman–Crippen LogP) is 2.42. The first kappa shape index (κ1) is 12.9. The lowest BCUT2D eigenvalue weighted by atomic mass is 10.1. The number of hydrogen-bond acceptors (Lipinski definition) is 4. The topological polar surface area (TPSA) is 38.2 Å². The van der Waals surface area contributed by atoms with Gasteiger partial charge in [0.1, 0.15) is 0 Å². The van der Waals surface area contributed by atoms with Crippen molar-refractivity contribution in [1.29, 1.82) is 0 Å². The van der Waals surface area contributed by atoms with Gasteiger partial charge in [-0.15, -0.1) is 0 Å². The van der Waals surface area contributed by atoms with Gasteiger partial charge in [0.15, 0.2) is 0 Å². The molecule has 0 amide bonds. The number of rotatable bonds is 4. The lowest BCUT2D eigenvalue weighted by Crippen LogP contribution is -2.36. The van der Waals surface area contributed by atoms with Crippen molar-refractivity contribution in [2.75, 3.05) is 18.1 Å². The normalized spacial score (nSPS) is 29.5. The molecule has 1 aliphatic heterocycles. The van der Waals surface area contributed by atoms with Gasteiger partial charge < -0.3 is 9.64 Å². The summed E-state index contributed by atoms with van der Waals surface area (Å²) in [6.45, 7) is 8.35. The van der Waals surface area contributed by atoms with E-state index in [9.17, 15) is 0 Å². The molecule has 1 saturated carbocycles. The highest BCUT2D eigenvalue weighted by Gasteiger charge is 2.48. The summed E-state index contributed by atoms with van der Waals surface area (Å²) >= 11 is 0. The molecule has 0 N–H and O–H groups in total. The van der Waals surface area contributed by atoms with Crippen molar-refractivity contribution in [2.24, 2.45) is 11.8 Å². The van der Waals surface area contributed by atoms with Gasteiger partial charge in [0, 0.05) is 31.5 Å². The van der Waals surface area contributed by atoms with E-state index in [1.807, 2.05) is 19.3 Å². The van der Waals surface area contributed by atoms with Crippen LogP contribution in [0.3, 0.4) is 0 Å². The van der Waals surface area contributed by atoms with Gasteiger partial charge in [-0.3, -0.25) is 0 Å². The molecule has 0 spiro atoms. The van der Waals surface area contributed by atoms with Gasteiger partial charge in [0.25, 0.3) is 0 Å². The minimum absolute atomic E-state index is 0.382. The van der Waals surface area contributed by atoms with E-state index in [1.165, 1.54) is 12.8 Å². The Morgan fingerprint density at radius 1 is 1.32 bits per heavy atom. The number of ether oxygens (including phenoxy) is 1. The molecule has 1 saturated heterocycles. The van der Waals surface area contributed by atoms with E-state index in [0.717, 1.165) is 24.7 Å². The lowest BCUT2D eigenvalue weighted by molar-refractivity contribution is 0.0230. The van der Waals surface area contributed by atoms with E-state index in [-0.39, 0.29) is 0 Å². The maximum atomic E-state index is 6.13. The molecule has 1 aromatic rings. The van der Waals surface area contributed by atoms with Crippen LogP contribution in [-0.2, 0) is 4.74 Å². The summed E-state index contributed by atoms with van der Waals surface area (Å²) in [5, 5.41) is 0. The summed E-state index contributed by atoms with van der Waals surface area (Å²) < 4.78 is 6.13. The molecule has 4 nitrogen and oxygen atoms in total. The summed E-state index contributed by atoms with van der Waals surface area (Å²) in [5.41, 5.74) is 1.11. The fourth-order valence-electron chi connectivity index (χ4n) is 3.26. The average Bonchev–Trinajstić information content (AvgIpc) is 2.94. The maximum Gasteiger partial charge on any atom is 0.225 e. The number of fused-ring (bicyclic) bond motifs is 2. The third kappa shape index (κ3) is 2.46. The molecule has 2 fully saturated rings. The maximum absolute atomic E-state index is 6.13. The summed E-state index contributed by atoms with van der Waals surface area (Å²) in [7, 11) is 0. The largest absolute Gasteiger partial charge is 0.375 e. The van der Waals surface area contributed by atoms with Crippen molar-refractivity contribution in [1.82, 2.24) is 9.97 Å². The van der Waals surface area contributed by atoms with Gasteiger partial charge in [-0.25, -0.2) is 9.97 Å². The summed E-state index contributed by atoms with van der Waals surface area (Å²) in [6.07, 6.45) is 6.68. The molecule has 0 radical (unpaired) electrons. The number of anilines is 1. The van der Waals surface area contributed by atoms with E-state index in [4.69, 9.17) is 4.74 Å². The Morgan fingerprint density at radius 3 is 2.74 bits per heavy atom. The second-order valence-corrected chi connectivity index (χ2v) is 6.31. The van der Waals surface area contributed by atoms with Gasteiger partial charge in [0.2, 0.25) is 5.95 Å². The summed E-state index contributed by atoms with van der Waals surface area (Å²) in [6, 6.07) is 0.478. The second-order valence-electron chi connectivity index (χ2n) is 6.31. The van der Waals surface area contributed by atoms with E-state index in [0.29, 0.717) is 24.0 Å². The molecule has 2 aliphatic rings. The predicted molar refractivity (Wildman–Crippen MR) is 75.2 cm³/mol. The summed E-state index contributed by atoms with van der Waals surface area (Å²) in [4.78, 5) is 11.3. The molecule has 3 unspecified atom stereocenters. The van der Waals surface area contributed by atoms with Crippen LogP contribution in [0.5, 0.6) is 0 Å². The number of piperidine rings is 1. The monoisotopic (exact) mass is 261 g/mol. The van der Waals surface area contributed by atoms with Crippen LogP contribution >= 0.6 is 0 Å². The Kier molecular flexibility index (Phi) is 3.44. The van der Waals surface area contributed by atoms with Crippen molar-refractivity contribution < 1.29 is 4.74 Å². The third-order valence-corrected chi connectivity index (χ3v) is 4.15. The van der Waals surface area contributed by atoms with Crippen LogP contribution in [0.4, 0.5) is 5.95 Å². The first-order chi connectivity index (χ1) is 9.15. The molecule has 19 heavy (non-hydrogen) atoms. The number of aryl methyl sites for hydroxylation is 1. The first-order valence-corrected chi connectivity index (χ1v) is 7.32. The zero-order chi connectivity index (χ0) is 13.4. The van der Waals surface area contributed by atoms with Crippen molar-refractivity contribution in [3.05, 3.63) is 18.0 Å². The first-order valence-electron chi connectivity index (χ1n) is 7.32. The molecule has 2 bridgehead atoms. The van der Waals surface area contributed by atoms with E-state index in [2.05, 4.69) is 28.7 Å². The van der Waals surface area contributed by atoms with Crippen LogP contribution in [0, 0.1) is 18.8 Å². The van der Waals surface area contributed by atoms with Crippen LogP contribution in [0.15, 0.2) is 12.4 Å². The minimum atomic E-state index is 0.382. The van der Waals surface area contributed by atoms with Gasteiger partial charge in [0.05, 0.1) is 12.1 Å². The van der Waals surface area contributed by atoms with E-state index in [1.54, 1.807) is 0 Å². The van der Waals surface area contributed by atoms with Gasteiger partial charge >= 0.3 is 0 Å². The molecular formula is C15H23N3O. The highest BCUT2D eigenvalue weighted by atomic mass is 16.5. The van der Waals surface area contributed by atoms with Crippen LogP contribution in [0.25, 0.3) is 0 Å². The molecule has 1 aromatic heterocycles. The van der Waals surface area contributed by atoms with Gasteiger partial charge in [-0.1, -0.05) is 13.8 Å². The second kappa shape index (κ2) is 5.08. The quantitative estimate of drug-likeness (QED) is 0.834. The standard InChI is InChI=1S/C15H23N3O/c1-10(2)9-19-14-12-4-5-13(14)18(8-12)15-16-6-11(3)7-17-15/h6-7,10,12-14H,4-5,8-9H2,1-3H3.